The smallest absolute Gasteiger partial charge is 0.236 e. The van der Waals surface area contributed by atoms with Gasteiger partial charge >= 0.3 is 0 Å². The Bertz CT molecular complexity index is 715. The van der Waals surface area contributed by atoms with Crippen LogP contribution in [-0.4, -0.2) is 18.4 Å². The molecule has 0 amide bonds. The van der Waals surface area contributed by atoms with Crippen molar-refractivity contribution in [3.8, 4) is 0 Å². The number of anilines is 1. The molecule has 1 aromatic heterocycles. The predicted molar refractivity (Wildman–Crippen MR) is 82.8 cm³/mol. The van der Waals surface area contributed by atoms with Crippen molar-refractivity contribution in [1.82, 2.24) is 4.98 Å². The topological polar surface area (TPSA) is 85.1 Å². The van der Waals surface area contributed by atoms with Crippen LogP contribution >= 0.6 is 12.2 Å². The normalized spacial score (nSPS) is 11.0. The second kappa shape index (κ2) is 5.98. The standard InChI is InChI=1S/C13H13N3O2S2/c14-13(19)11-4-1-3-10(7-11)9-20(17,18)16-12-5-2-6-15-8-12/h1-8,16H,9H2,(H2,14,19). The monoisotopic (exact) mass is 307 g/mol. The zero-order valence-corrected chi connectivity index (χ0v) is 12.1. The molecule has 0 bridgehead atoms. The van der Waals surface area contributed by atoms with E-state index in [9.17, 15) is 8.42 Å². The lowest BCUT2D eigenvalue weighted by molar-refractivity contribution is 0.600. The molecule has 104 valence electrons. The molecular weight excluding hydrogens is 294 g/mol. The molecule has 1 aromatic carbocycles. The van der Waals surface area contributed by atoms with E-state index in [4.69, 9.17) is 18.0 Å². The SMILES string of the molecule is NC(=S)c1cccc(CS(=O)(=O)Nc2cccnc2)c1. The third-order valence-electron chi connectivity index (χ3n) is 2.50. The first-order valence-electron chi connectivity index (χ1n) is 5.75. The van der Waals surface area contributed by atoms with Gasteiger partial charge < -0.3 is 5.73 Å². The number of nitrogens with zero attached hydrogens (tertiary/aromatic N) is 1. The van der Waals surface area contributed by atoms with E-state index >= 15 is 0 Å². The van der Waals surface area contributed by atoms with Crippen molar-refractivity contribution in [3.05, 3.63) is 59.9 Å². The van der Waals surface area contributed by atoms with Gasteiger partial charge in [-0.15, -0.1) is 0 Å². The molecule has 2 aromatic rings. The third kappa shape index (κ3) is 4.01. The fourth-order valence-corrected chi connectivity index (χ4v) is 2.97. The van der Waals surface area contributed by atoms with Crippen molar-refractivity contribution in [2.45, 2.75) is 5.75 Å². The van der Waals surface area contributed by atoms with Crippen LogP contribution in [-0.2, 0) is 15.8 Å². The summed E-state index contributed by atoms with van der Waals surface area (Å²) < 4.78 is 26.6. The number of rotatable bonds is 5. The van der Waals surface area contributed by atoms with E-state index < -0.39 is 10.0 Å². The Balaban J connectivity index is 2.16. The molecule has 5 nitrogen and oxygen atoms in total. The zero-order chi connectivity index (χ0) is 14.6. The summed E-state index contributed by atoms with van der Waals surface area (Å²) in [6.07, 6.45) is 3.02. The summed E-state index contributed by atoms with van der Waals surface area (Å²) in [6, 6.07) is 10.1. The van der Waals surface area contributed by atoms with Gasteiger partial charge in [0.25, 0.3) is 0 Å². The van der Waals surface area contributed by atoms with Gasteiger partial charge in [0.15, 0.2) is 0 Å². The first-order chi connectivity index (χ1) is 9.46. The van der Waals surface area contributed by atoms with Crippen LogP contribution in [0.15, 0.2) is 48.8 Å². The predicted octanol–water partition coefficient (Wildman–Crippen LogP) is 1.66. The number of hydrogen-bond donors (Lipinski definition) is 2. The maximum absolute atomic E-state index is 12.0. The van der Waals surface area contributed by atoms with Crippen molar-refractivity contribution in [2.75, 3.05) is 4.72 Å². The molecule has 0 radical (unpaired) electrons. The van der Waals surface area contributed by atoms with Crippen LogP contribution in [0.1, 0.15) is 11.1 Å². The number of benzene rings is 1. The second-order valence-corrected chi connectivity index (χ2v) is 6.33. The van der Waals surface area contributed by atoms with Crippen molar-refractivity contribution in [3.63, 3.8) is 0 Å². The number of thiocarbonyl (C=S) groups is 1. The Morgan fingerprint density at radius 2 is 2.10 bits per heavy atom. The van der Waals surface area contributed by atoms with Gasteiger partial charge in [0, 0.05) is 11.8 Å². The molecular formula is C13H13N3O2S2. The summed E-state index contributed by atoms with van der Waals surface area (Å²) in [5.41, 5.74) is 7.22. The lowest BCUT2D eigenvalue weighted by Crippen LogP contribution is -2.16. The number of nitrogens with one attached hydrogen (secondary N) is 1. The summed E-state index contributed by atoms with van der Waals surface area (Å²) in [5, 5.41) is 0. The highest BCUT2D eigenvalue weighted by Crippen LogP contribution is 2.12. The van der Waals surface area contributed by atoms with E-state index in [1.807, 2.05) is 0 Å². The molecule has 0 saturated carbocycles. The fourth-order valence-electron chi connectivity index (χ4n) is 1.67. The van der Waals surface area contributed by atoms with E-state index in [2.05, 4.69) is 9.71 Å². The van der Waals surface area contributed by atoms with Crippen molar-refractivity contribution in [1.29, 1.82) is 0 Å². The molecule has 0 aliphatic rings. The van der Waals surface area contributed by atoms with Gasteiger partial charge in [0.2, 0.25) is 10.0 Å². The molecule has 1 heterocycles. The van der Waals surface area contributed by atoms with Crippen LogP contribution in [0.2, 0.25) is 0 Å². The Morgan fingerprint density at radius 3 is 2.75 bits per heavy atom. The Morgan fingerprint density at radius 1 is 1.30 bits per heavy atom. The molecule has 3 N–H and O–H groups in total. The highest BCUT2D eigenvalue weighted by atomic mass is 32.2. The van der Waals surface area contributed by atoms with E-state index in [1.54, 1.807) is 42.6 Å². The third-order valence-corrected chi connectivity index (χ3v) is 4.00. The number of sulfonamides is 1. The molecule has 20 heavy (non-hydrogen) atoms. The minimum atomic E-state index is -3.50. The Hall–Kier alpha value is -1.99. The summed E-state index contributed by atoms with van der Waals surface area (Å²) >= 11 is 4.87. The van der Waals surface area contributed by atoms with Gasteiger partial charge in [-0.05, 0) is 23.8 Å². The maximum Gasteiger partial charge on any atom is 0.236 e. The molecule has 0 atom stereocenters. The van der Waals surface area contributed by atoms with Gasteiger partial charge in [-0.2, -0.15) is 0 Å². The molecule has 0 saturated heterocycles. The van der Waals surface area contributed by atoms with Crippen LogP contribution in [0, 0.1) is 0 Å². The fraction of sp³-hybridized carbons (Fsp3) is 0.0769. The van der Waals surface area contributed by atoms with Gasteiger partial charge in [0.05, 0.1) is 17.6 Å². The van der Waals surface area contributed by atoms with E-state index in [0.717, 1.165) is 0 Å². The first-order valence-corrected chi connectivity index (χ1v) is 7.81. The Kier molecular flexibility index (Phi) is 4.31. The van der Waals surface area contributed by atoms with E-state index in [0.29, 0.717) is 16.8 Å². The average molecular weight is 307 g/mol. The molecule has 0 unspecified atom stereocenters. The summed E-state index contributed by atoms with van der Waals surface area (Å²) in [7, 11) is -3.50. The molecule has 0 fully saturated rings. The first kappa shape index (κ1) is 14.4. The molecule has 0 spiro atoms. The summed E-state index contributed by atoms with van der Waals surface area (Å²) in [4.78, 5) is 4.09. The quantitative estimate of drug-likeness (QED) is 0.821. The van der Waals surface area contributed by atoms with Crippen LogP contribution in [0.3, 0.4) is 0 Å². The van der Waals surface area contributed by atoms with Crippen molar-refractivity contribution < 1.29 is 8.42 Å². The minimum Gasteiger partial charge on any atom is -0.389 e. The highest BCUT2D eigenvalue weighted by Gasteiger charge is 2.12. The number of hydrogen-bond acceptors (Lipinski definition) is 4. The highest BCUT2D eigenvalue weighted by molar-refractivity contribution is 7.91. The van der Waals surface area contributed by atoms with E-state index in [1.165, 1.54) is 6.20 Å². The van der Waals surface area contributed by atoms with Gasteiger partial charge in [-0.3, -0.25) is 9.71 Å². The molecule has 2 rings (SSSR count). The average Bonchev–Trinajstić information content (AvgIpc) is 2.39. The van der Waals surface area contributed by atoms with Crippen molar-refractivity contribution >= 4 is 32.9 Å². The van der Waals surface area contributed by atoms with Gasteiger partial charge in [-0.25, -0.2) is 8.42 Å². The number of aromatic nitrogens is 1. The Labute approximate surface area is 122 Å². The lowest BCUT2D eigenvalue weighted by atomic mass is 10.1. The second-order valence-electron chi connectivity index (χ2n) is 4.17. The molecule has 0 aliphatic heterocycles. The van der Waals surface area contributed by atoms with Crippen LogP contribution in [0.25, 0.3) is 0 Å². The molecule has 7 heteroatoms. The van der Waals surface area contributed by atoms with Crippen molar-refractivity contribution in [2.24, 2.45) is 5.73 Å². The largest absolute Gasteiger partial charge is 0.389 e. The zero-order valence-electron chi connectivity index (χ0n) is 10.5. The molecule has 0 aliphatic carbocycles. The maximum atomic E-state index is 12.0. The number of pyridine rings is 1. The van der Waals surface area contributed by atoms with Crippen LogP contribution in [0.4, 0.5) is 5.69 Å². The number of nitrogens with two attached hydrogens (primary N) is 1. The minimum absolute atomic E-state index is 0.154. The summed E-state index contributed by atoms with van der Waals surface area (Å²) in [5.74, 6) is -0.154. The lowest BCUT2D eigenvalue weighted by Gasteiger charge is -2.08. The van der Waals surface area contributed by atoms with Crippen LogP contribution in [0.5, 0.6) is 0 Å². The summed E-state index contributed by atoms with van der Waals surface area (Å²) in [6.45, 7) is 0. The van der Waals surface area contributed by atoms with E-state index in [-0.39, 0.29) is 10.7 Å². The van der Waals surface area contributed by atoms with Gasteiger partial charge in [-0.1, -0.05) is 30.4 Å². The van der Waals surface area contributed by atoms with Crippen LogP contribution < -0.4 is 10.5 Å². The van der Waals surface area contributed by atoms with Gasteiger partial charge in [0.1, 0.15) is 4.99 Å².